The summed E-state index contributed by atoms with van der Waals surface area (Å²) in [6, 6.07) is 10.1. The normalized spacial score (nSPS) is 10.2. The van der Waals surface area contributed by atoms with Crippen LogP contribution in [0.15, 0.2) is 36.4 Å². The van der Waals surface area contributed by atoms with Crippen LogP contribution in [0.3, 0.4) is 0 Å². The van der Waals surface area contributed by atoms with E-state index in [1.54, 1.807) is 30.3 Å². The molecule has 2 aromatic carbocycles. The molecule has 2 rings (SSSR count). The Morgan fingerprint density at radius 2 is 2.00 bits per heavy atom. The van der Waals surface area contributed by atoms with Crippen molar-refractivity contribution in [3.8, 4) is 11.5 Å². The van der Waals surface area contributed by atoms with Gasteiger partial charge in [-0.15, -0.1) is 0 Å². The molecule has 0 amide bonds. The molecule has 0 atom stereocenters. The highest BCUT2D eigenvalue weighted by Gasteiger charge is 2.10. The first kappa shape index (κ1) is 14.8. The van der Waals surface area contributed by atoms with Crippen LogP contribution in [0.2, 0.25) is 0 Å². The van der Waals surface area contributed by atoms with E-state index in [4.69, 9.17) is 20.6 Å². The van der Waals surface area contributed by atoms with E-state index in [0.717, 1.165) is 5.56 Å². The summed E-state index contributed by atoms with van der Waals surface area (Å²) in [6.45, 7) is 1.95. The van der Waals surface area contributed by atoms with E-state index >= 15 is 0 Å². The van der Waals surface area contributed by atoms with Crippen LogP contribution in [0.5, 0.6) is 11.5 Å². The molecule has 0 saturated carbocycles. The molecule has 3 N–H and O–H groups in total. The van der Waals surface area contributed by atoms with Gasteiger partial charge in [-0.25, -0.2) is 4.39 Å². The van der Waals surface area contributed by atoms with Gasteiger partial charge in [-0.3, -0.25) is 5.41 Å². The fraction of sp³-hybridized carbons (Fsp3) is 0.188. The molecule has 0 unspecified atom stereocenters. The van der Waals surface area contributed by atoms with Crippen molar-refractivity contribution >= 4 is 5.84 Å². The average molecular weight is 288 g/mol. The Labute approximate surface area is 122 Å². The van der Waals surface area contributed by atoms with Gasteiger partial charge in [0.1, 0.15) is 18.2 Å². The van der Waals surface area contributed by atoms with Crippen molar-refractivity contribution in [3.63, 3.8) is 0 Å². The lowest BCUT2D eigenvalue weighted by Crippen LogP contribution is -2.11. The summed E-state index contributed by atoms with van der Waals surface area (Å²) in [5.74, 6) is 0.294. The van der Waals surface area contributed by atoms with Gasteiger partial charge in [0.2, 0.25) is 0 Å². The van der Waals surface area contributed by atoms with Gasteiger partial charge in [0, 0.05) is 11.1 Å². The van der Waals surface area contributed by atoms with Crippen molar-refractivity contribution in [2.45, 2.75) is 13.5 Å². The lowest BCUT2D eigenvalue weighted by atomic mass is 10.1. The highest BCUT2D eigenvalue weighted by Crippen LogP contribution is 2.24. The second-order valence-electron chi connectivity index (χ2n) is 4.62. The van der Waals surface area contributed by atoms with E-state index in [-0.39, 0.29) is 18.2 Å². The van der Waals surface area contributed by atoms with Gasteiger partial charge < -0.3 is 15.2 Å². The van der Waals surface area contributed by atoms with Crippen LogP contribution < -0.4 is 15.2 Å². The van der Waals surface area contributed by atoms with Crippen LogP contribution in [-0.2, 0) is 6.61 Å². The minimum absolute atomic E-state index is 0.0348. The Balaban J connectivity index is 2.20. The zero-order valence-electron chi connectivity index (χ0n) is 11.9. The Hall–Kier alpha value is -2.56. The van der Waals surface area contributed by atoms with E-state index in [2.05, 4.69) is 0 Å². The van der Waals surface area contributed by atoms with Crippen LogP contribution >= 0.6 is 0 Å². The molecule has 4 nitrogen and oxygen atoms in total. The number of nitrogens with two attached hydrogens (primary N) is 1. The highest BCUT2D eigenvalue weighted by molar-refractivity contribution is 5.95. The second kappa shape index (κ2) is 6.26. The summed E-state index contributed by atoms with van der Waals surface area (Å²) in [4.78, 5) is 0. The Morgan fingerprint density at radius 3 is 2.67 bits per heavy atom. The minimum Gasteiger partial charge on any atom is -0.494 e. The van der Waals surface area contributed by atoms with Crippen LogP contribution in [0.1, 0.15) is 16.7 Å². The van der Waals surface area contributed by atoms with Gasteiger partial charge in [0.25, 0.3) is 0 Å². The van der Waals surface area contributed by atoms with E-state index in [1.165, 1.54) is 7.11 Å². The standard InChI is InChI=1S/C16H17FN2O2/c1-10-6-7-11(16(18)19)8-14(10)21-9-12-4-3-5-13(20-2)15(12)17/h3-8H,9H2,1-2H3,(H3,18,19). The van der Waals surface area contributed by atoms with Crippen LogP contribution in [0.4, 0.5) is 4.39 Å². The van der Waals surface area contributed by atoms with Crippen LogP contribution in [-0.4, -0.2) is 12.9 Å². The van der Waals surface area contributed by atoms with E-state index in [1.807, 2.05) is 13.0 Å². The third kappa shape index (κ3) is 3.31. The zero-order valence-corrected chi connectivity index (χ0v) is 11.9. The van der Waals surface area contributed by atoms with Crippen molar-refractivity contribution in [2.24, 2.45) is 5.73 Å². The Bertz CT molecular complexity index is 671. The van der Waals surface area contributed by atoms with Crippen molar-refractivity contribution < 1.29 is 13.9 Å². The summed E-state index contributed by atoms with van der Waals surface area (Å²) in [7, 11) is 1.42. The molecule has 0 radical (unpaired) electrons. The molecule has 0 heterocycles. The smallest absolute Gasteiger partial charge is 0.171 e. The molecular weight excluding hydrogens is 271 g/mol. The predicted molar refractivity (Wildman–Crippen MR) is 79.5 cm³/mol. The molecule has 0 saturated heterocycles. The van der Waals surface area contributed by atoms with Gasteiger partial charge in [-0.1, -0.05) is 24.3 Å². The van der Waals surface area contributed by atoms with Gasteiger partial charge in [0.15, 0.2) is 11.6 Å². The predicted octanol–water partition coefficient (Wildman–Crippen LogP) is 3.01. The number of rotatable bonds is 5. The summed E-state index contributed by atoms with van der Waals surface area (Å²) >= 11 is 0. The number of ether oxygens (including phenoxy) is 2. The summed E-state index contributed by atoms with van der Waals surface area (Å²) in [5.41, 5.74) is 7.32. The lowest BCUT2D eigenvalue weighted by molar-refractivity contribution is 0.294. The largest absolute Gasteiger partial charge is 0.494 e. The molecule has 110 valence electrons. The molecule has 2 aromatic rings. The third-order valence-corrected chi connectivity index (χ3v) is 3.15. The summed E-state index contributed by atoms with van der Waals surface area (Å²) in [6.07, 6.45) is 0. The van der Waals surface area contributed by atoms with Gasteiger partial charge in [0.05, 0.1) is 7.11 Å². The third-order valence-electron chi connectivity index (χ3n) is 3.15. The van der Waals surface area contributed by atoms with Crippen molar-refractivity contribution in [1.29, 1.82) is 5.41 Å². The number of hydrogen-bond acceptors (Lipinski definition) is 3. The molecule has 5 heteroatoms. The fourth-order valence-electron chi connectivity index (χ4n) is 1.90. The number of amidine groups is 1. The maximum atomic E-state index is 14.0. The first-order chi connectivity index (χ1) is 10.0. The van der Waals surface area contributed by atoms with Crippen molar-refractivity contribution in [3.05, 3.63) is 58.9 Å². The number of halogens is 1. The number of nitrogens with one attached hydrogen (secondary N) is 1. The van der Waals surface area contributed by atoms with Crippen LogP contribution in [0, 0.1) is 18.2 Å². The number of hydrogen-bond donors (Lipinski definition) is 2. The summed E-state index contributed by atoms with van der Waals surface area (Å²) < 4.78 is 24.6. The molecule has 0 aliphatic heterocycles. The second-order valence-corrected chi connectivity index (χ2v) is 4.62. The SMILES string of the molecule is COc1cccc(COc2cc(C(=N)N)ccc2C)c1F. The average Bonchev–Trinajstić information content (AvgIpc) is 2.47. The molecule has 0 aliphatic carbocycles. The van der Waals surface area contributed by atoms with Gasteiger partial charge in [-0.2, -0.15) is 0 Å². The van der Waals surface area contributed by atoms with Crippen molar-refractivity contribution in [2.75, 3.05) is 7.11 Å². The van der Waals surface area contributed by atoms with E-state index in [0.29, 0.717) is 16.9 Å². The molecule has 0 spiro atoms. The zero-order chi connectivity index (χ0) is 15.4. The fourth-order valence-corrected chi connectivity index (χ4v) is 1.90. The molecule has 0 aliphatic rings. The number of methoxy groups -OCH3 is 1. The van der Waals surface area contributed by atoms with Gasteiger partial charge in [-0.05, 0) is 24.6 Å². The molecule has 0 aromatic heterocycles. The topological polar surface area (TPSA) is 68.3 Å². The first-order valence-corrected chi connectivity index (χ1v) is 6.42. The summed E-state index contributed by atoms with van der Waals surface area (Å²) in [5, 5.41) is 7.43. The van der Waals surface area contributed by atoms with E-state index < -0.39 is 5.82 Å². The first-order valence-electron chi connectivity index (χ1n) is 6.42. The molecule has 0 fully saturated rings. The lowest BCUT2D eigenvalue weighted by Gasteiger charge is -2.12. The van der Waals surface area contributed by atoms with Crippen LogP contribution in [0.25, 0.3) is 0 Å². The number of nitrogen functional groups attached to an aromatic ring is 1. The maximum absolute atomic E-state index is 14.0. The van der Waals surface area contributed by atoms with E-state index in [9.17, 15) is 4.39 Å². The highest BCUT2D eigenvalue weighted by atomic mass is 19.1. The molecular formula is C16H17FN2O2. The molecule has 0 bridgehead atoms. The molecule has 21 heavy (non-hydrogen) atoms. The Morgan fingerprint density at radius 1 is 1.24 bits per heavy atom. The monoisotopic (exact) mass is 288 g/mol. The minimum atomic E-state index is -0.430. The number of aryl methyl sites for hydroxylation is 1. The maximum Gasteiger partial charge on any atom is 0.171 e. The Kier molecular flexibility index (Phi) is 4.42. The quantitative estimate of drug-likeness (QED) is 0.656. The van der Waals surface area contributed by atoms with Crippen molar-refractivity contribution in [1.82, 2.24) is 0 Å². The number of benzene rings is 2. The van der Waals surface area contributed by atoms with Gasteiger partial charge >= 0.3 is 0 Å².